The number of amides is 1. The molecule has 1 aliphatic rings. The highest BCUT2D eigenvalue weighted by atomic mass is 32.2. The summed E-state index contributed by atoms with van der Waals surface area (Å²) in [5.74, 6) is -0.538. The van der Waals surface area contributed by atoms with Gasteiger partial charge in [-0.05, 0) is 12.1 Å². The minimum Gasteiger partial charge on any atom is -0.367 e. The van der Waals surface area contributed by atoms with Crippen molar-refractivity contribution < 1.29 is 10.0 Å². The number of nitrogens with zero attached hydrogens (tertiary/aromatic N) is 1. The van der Waals surface area contributed by atoms with Crippen LogP contribution >= 0.6 is 11.8 Å². The molecule has 1 unspecified atom stereocenters. The number of fused-ring (bicyclic) bond motifs is 1. The summed E-state index contributed by atoms with van der Waals surface area (Å²) in [6, 6.07) is 7.23. The van der Waals surface area contributed by atoms with Crippen molar-refractivity contribution in [2.75, 3.05) is 5.06 Å². The van der Waals surface area contributed by atoms with Gasteiger partial charge in [-0.25, -0.2) is 5.06 Å². The summed E-state index contributed by atoms with van der Waals surface area (Å²) in [5.41, 5.74) is 5.74. The van der Waals surface area contributed by atoms with Crippen LogP contribution in [0.1, 0.15) is 0 Å². The fourth-order valence-electron chi connectivity index (χ4n) is 1.22. The molecule has 1 aromatic rings. The number of nitrogens with two attached hydrogens (primary N) is 1. The van der Waals surface area contributed by atoms with Gasteiger partial charge < -0.3 is 5.73 Å². The van der Waals surface area contributed by atoms with Crippen molar-refractivity contribution >= 4 is 23.4 Å². The van der Waals surface area contributed by atoms with Gasteiger partial charge in [0.15, 0.2) is 5.37 Å². The standard InChI is InChI=1S/C8H8N2O2S/c9-7(11)8-10(12)5-3-1-2-4-6(5)13-8/h1-4,8,12H,(H2,9,11). The van der Waals surface area contributed by atoms with Crippen LogP contribution in [0.4, 0.5) is 5.69 Å². The van der Waals surface area contributed by atoms with E-state index in [1.54, 1.807) is 12.1 Å². The fourth-order valence-corrected chi connectivity index (χ4v) is 2.23. The van der Waals surface area contributed by atoms with E-state index in [9.17, 15) is 10.0 Å². The Balaban J connectivity index is 2.38. The number of carbonyl (C=O) groups excluding carboxylic acids is 1. The molecule has 1 atom stereocenters. The highest BCUT2D eigenvalue weighted by molar-refractivity contribution is 8.01. The molecule has 5 heteroatoms. The molecule has 0 radical (unpaired) electrons. The first kappa shape index (κ1) is 8.40. The smallest absolute Gasteiger partial charge is 0.253 e. The first-order chi connectivity index (χ1) is 6.20. The largest absolute Gasteiger partial charge is 0.367 e. The minimum atomic E-state index is -0.697. The zero-order valence-electron chi connectivity index (χ0n) is 6.68. The maximum absolute atomic E-state index is 10.9. The molecule has 0 saturated carbocycles. The zero-order chi connectivity index (χ0) is 9.42. The van der Waals surface area contributed by atoms with Crippen molar-refractivity contribution in [2.24, 2.45) is 5.73 Å². The van der Waals surface area contributed by atoms with E-state index < -0.39 is 11.3 Å². The third kappa shape index (κ3) is 1.26. The summed E-state index contributed by atoms with van der Waals surface area (Å²) in [7, 11) is 0. The summed E-state index contributed by atoms with van der Waals surface area (Å²) in [6.45, 7) is 0. The van der Waals surface area contributed by atoms with Crippen LogP contribution in [-0.2, 0) is 4.79 Å². The fraction of sp³-hybridized carbons (Fsp3) is 0.125. The van der Waals surface area contributed by atoms with Crippen molar-refractivity contribution in [3.8, 4) is 0 Å². The van der Waals surface area contributed by atoms with Crippen LogP contribution < -0.4 is 10.8 Å². The van der Waals surface area contributed by atoms with Gasteiger partial charge in [-0.1, -0.05) is 23.9 Å². The Bertz CT molecular complexity index is 356. The van der Waals surface area contributed by atoms with Gasteiger partial charge >= 0.3 is 0 Å². The first-order valence-corrected chi connectivity index (χ1v) is 4.61. The quantitative estimate of drug-likeness (QED) is 0.697. The molecule has 0 saturated heterocycles. The summed E-state index contributed by atoms with van der Waals surface area (Å²) < 4.78 is 0. The predicted octanol–water partition coefficient (Wildman–Crippen LogP) is 0.799. The normalized spacial score (nSPS) is 20.1. The maximum Gasteiger partial charge on any atom is 0.253 e. The Hall–Kier alpha value is -1.20. The molecule has 1 aromatic carbocycles. The number of benzene rings is 1. The van der Waals surface area contributed by atoms with E-state index in [0.29, 0.717) is 5.69 Å². The van der Waals surface area contributed by atoms with Crippen LogP contribution in [0.5, 0.6) is 0 Å². The van der Waals surface area contributed by atoms with E-state index >= 15 is 0 Å². The number of rotatable bonds is 1. The molecule has 0 aliphatic carbocycles. The van der Waals surface area contributed by atoms with Crippen LogP contribution in [0.15, 0.2) is 29.2 Å². The Morgan fingerprint density at radius 3 is 2.85 bits per heavy atom. The van der Waals surface area contributed by atoms with Crippen LogP contribution in [0, 0.1) is 0 Å². The minimum absolute atomic E-state index is 0.538. The van der Waals surface area contributed by atoms with Crippen LogP contribution in [-0.4, -0.2) is 16.5 Å². The SMILES string of the molecule is NC(=O)C1Sc2ccccc2N1O. The predicted molar refractivity (Wildman–Crippen MR) is 49.5 cm³/mol. The first-order valence-electron chi connectivity index (χ1n) is 3.73. The Kier molecular flexibility index (Phi) is 1.90. The number of para-hydroxylation sites is 1. The third-order valence-electron chi connectivity index (χ3n) is 1.82. The molecular formula is C8H8N2O2S. The summed E-state index contributed by atoms with van der Waals surface area (Å²) in [5, 5.41) is 9.73. The van der Waals surface area contributed by atoms with E-state index in [4.69, 9.17) is 5.73 Å². The lowest BCUT2D eigenvalue weighted by Crippen LogP contribution is -2.37. The number of hydroxylamine groups is 1. The summed E-state index contributed by atoms with van der Waals surface area (Å²) >= 11 is 1.25. The third-order valence-corrected chi connectivity index (χ3v) is 3.07. The number of thioether (sulfide) groups is 1. The maximum atomic E-state index is 10.9. The van der Waals surface area contributed by atoms with Crippen molar-refractivity contribution in [3.63, 3.8) is 0 Å². The van der Waals surface area contributed by atoms with Crippen molar-refractivity contribution in [2.45, 2.75) is 10.3 Å². The molecule has 2 rings (SSSR count). The lowest BCUT2D eigenvalue weighted by molar-refractivity contribution is -0.118. The second kappa shape index (κ2) is 2.93. The number of primary amides is 1. The molecule has 3 N–H and O–H groups in total. The van der Waals surface area contributed by atoms with Crippen LogP contribution in [0.3, 0.4) is 0 Å². The van der Waals surface area contributed by atoms with Crippen LogP contribution in [0.2, 0.25) is 0 Å². The number of anilines is 1. The van der Waals surface area contributed by atoms with Gasteiger partial charge in [0.1, 0.15) is 0 Å². The average Bonchev–Trinajstić information content (AvgIpc) is 2.45. The van der Waals surface area contributed by atoms with Gasteiger partial charge in [0.2, 0.25) is 0 Å². The molecule has 1 heterocycles. The molecule has 68 valence electrons. The number of hydrogen-bond donors (Lipinski definition) is 2. The summed E-state index contributed by atoms with van der Waals surface area (Å²) in [6.07, 6.45) is 0. The monoisotopic (exact) mass is 196 g/mol. The Labute approximate surface area is 79.3 Å². The van der Waals surface area contributed by atoms with Crippen LogP contribution in [0.25, 0.3) is 0 Å². The van der Waals surface area contributed by atoms with E-state index in [2.05, 4.69) is 0 Å². The molecule has 1 amide bonds. The molecular weight excluding hydrogens is 188 g/mol. The highest BCUT2D eigenvalue weighted by Gasteiger charge is 2.32. The molecule has 4 nitrogen and oxygen atoms in total. The van der Waals surface area contributed by atoms with E-state index in [-0.39, 0.29) is 0 Å². The molecule has 0 aromatic heterocycles. The van der Waals surface area contributed by atoms with Gasteiger partial charge in [-0.3, -0.25) is 10.0 Å². The Morgan fingerprint density at radius 1 is 1.54 bits per heavy atom. The van der Waals surface area contributed by atoms with Gasteiger partial charge in [0, 0.05) is 4.90 Å². The van der Waals surface area contributed by atoms with E-state index in [1.807, 2.05) is 12.1 Å². The van der Waals surface area contributed by atoms with E-state index in [0.717, 1.165) is 9.96 Å². The molecule has 13 heavy (non-hydrogen) atoms. The summed E-state index contributed by atoms with van der Waals surface area (Å²) in [4.78, 5) is 11.7. The average molecular weight is 196 g/mol. The van der Waals surface area contributed by atoms with Crippen molar-refractivity contribution in [1.82, 2.24) is 0 Å². The van der Waals surface area contributed by atoms with Gasteiger partial charge in [-0.15, -0.1) is 0 Å². The molecule has 1 aliphatic heterocycles. The molecule has 0 fully saturated rings. The number of carbonyl (C=O) groups is 1. The lowest BCUT2D eigenvalue weighted by Gasteiger charge is -2.15. The second-order valence-electron chi connectivity index (χ2n) is 2.68. The molecule has 0 spiro atoms. The Morgan fingerprint density at radius 2 is 2.23 bits per heavy atom. The lowest BCUT2D eigenvalue weighted by atomic mass is 10.3. The second-order valence-corrected chi connectivity index (χ2v) is 3.81. The van der Waals surface area contributed by atoms with Gasteiger partial charge in [0.05, 0.1) is 5.69 Å². The van der Waals surface area contributed by atoms with Crippen molar-refractivity contribution in [3.05, 3.63) is 24.3 Å². The molecule has 0 bridgehead atoms. The number of hydrogen-bond acceptors (Lipinski definition) is 4. The van der Waals surface area contributed by atoms with Crippen molar-refractivity contribution in [1.29, 1.82) is 0 Å². The van der Waals surface area contributed by atoms with Gasteiger partial charge in [0.25, 0.3) is 5.91 Å². The zero-order valence-corrected chi connectivity index (χ0v) is 7.49. The highest BCUT2D eigenvalue weighted by Crippen LogP contribution is 2.41. The topological polar surface area (TPSA) is 66.6 Å². The van der Waals surface area contributed by atoms with E-state index in [1.165, 1.54) is 11.8 Å². The van der Waals surface area contributed by atoms with Gasteiger partial charge in [-0.2, -0.15) is 0 Å².